The summed E-state index contributed by atoms with van der Waals surface area (Å²) in [5.74, 6) is -0.308. The zero-order chi connectivity index (χ0) is 24.2. The molecule has 0 saturated carbocycles. The molecule has 1 amide bonds. The van der Waals surface area contributed by atoms with E-state index in [2.05, 4.69) is 31.6 Å². The highest BCUT2D eigenvalue weighted by Crippen LogP contribution is 2.40. The second kappa shape index (κ2) is 9.25. The van der Waals surface area contributed by atoms with E-state index in [9.17, 15) is 15.2 Å². The maximum atomic E-state index is 13.0. The Kier molecular flexibility index (Phi) is 5.68. The van der Waals surface area contributed by atoms with Gasteiger partial charge in [-0.05, 0) is 35.7 Å². The number of azo groups is 1. The Balaban J connectivity index is 1.61. The van der Waals surface area contributed by atoms with Crippen LogP contribution in [0, 0.1) is 11.3 Å². The summed E-state index contributed by atoms with van der Waals surface area (Å²) in [6.45, 7) is 0. The van der Waals surface area contributed by atoms with Gasteiger partial charge in [-0.2, -0.15) is 5.26 Å². The largest absolute Gasteiger partial charge is 0.505 e. The smallest absolute Gasteiger partial charge is 0.259 e. The quantitative estimate of drug-likeness (QED) is 0.327. The van der Waals surface area contributed by atoms with Crippen LogP contribution in [-0.2, 0) is 0 Å². The first kappa shape index (κ1) is 21.5. The Labute approximate surface area is 199 Å². The highest BCUT2D eigenvalue weighted by molar-refractivity contribution is 6.11. The first-order valence-electron chi connectivity index (χ1n) is 10.6. The van der Waals surface area contributed by atoms with E-state index in [1.165, 1.54) is 4.57 Å². The molecule has 0 spiro atoms. The lowest BCUT2D eigenvalue weighted by molar-refractivity contribution is 0.102. The standard InChI is InChI=1S/C26H17N7O2/c27-16-18-11-14-33(26-28-12-6-13-29-26)24(18)32-31-22-20-10-5-4-7-17(20)15-21(23(22)34)25(35)30-19-8-2-1-3-9-19/h1-15,34H,(H,30,35). The van der Waals surface area contributed by atoms with Crippen LogP contribution in [0.2, 0.25) is 0 Å². The number of carbonyl (C=O) groups is 1. The molecular weight excluding hydrogens is 442 g/mol. The number of para-hydroxylation sites is 1. The molecular formula is C26H17N7O2. The molecule has 0 unspecified atom stereocenters. The lowest BCUT2D eigenvalue weighted by atomic mass is 10.0. The number of benzene rings is 3. The molecule has 0 saturated heterocycles. The summed E-state index contributed by atoms with van der Waals surface area (Å²) in [6, 6.07) is 23.1. The number of nitrogens with zero attached hydrogens (tertiary/aromatic N) is 6. The number of amides is 1. The number of phenolic OH excluding ortho intramolecular Hbond substituents is 1. The van der Waals surface area contributed by atoms with Crippen molar-refractivity contribution in [3.8, 4) is 17.8 Å². The maximum absolute atomic E-state index is 13.0. The Morgan fingerprint density at radius 1 is 0.971 bits per heavy atom. The van der Waals surface area contributed by atoms with Crippen LogP contribution in [0.25, 0.3) is 16.7 Å². The molecule has 0 fully saturated rings. The third kappa shape index (κ3) is 4.19. The van der Waals surface area contributed by atoms with Gasteiger partial charge in [-0.25, -0.2) is 9.97 Å². The Morgan fingerprint density at radius 3 is 2.49 bits per heavy atom. The third-order valence-electron chi connectivity index (χ3n) is 5.26. The lowest BCUT2D eigenvalue weighted by Gasteiger charge is -2.11. The summed E-state index contributed by atoms with van der Waals surface area (Å²) >= 11 is 0. The molecule has 5 rings (SSSR count). The first-order valence-corrected chi connectivity index (χ1v) is 10.6. The highest BCUT2D eigenvalue weighted by atomic mass is 16.3. The van der Waals surface area contributed by atoms with E-state index in [-0.39, 0.29) is 28.4 Å². The van der Waals surface area contributed by atoms with Crippen molar-refractivity contribution in [3.05, 3.63) is 103 Å². The molecule has 9 heteroatoms. The SMILES string of the molecule is N#Cc1ccn(-c2ncccn2)c1N=Nc1c(O)c(C(=O)Nc2ccccc2)cc2ccccc12. The van der Waals surface area contributed by atoms with Gasteiger partial charge in [0.1, 0.15) is 11.8 Å². The van der Waals surface area contributed by atoms with Crippen LogP contribution in [-0.4, -0.2) is 25.5 Å². The van der Waals surface area contributed by atoms with E-state index in [1.807, 2.05) is 18.2 Å². The highest BCUT2D eigenvalue weighted by Gasteiger charge is 2.19. The molecule has 0 aliphatic rings. The van der Waals surface area contributed by atoms with Crippen molar-refractivity contribution in [2.75, 3.05) is 5.32 Å². The minimum Gasteiger partial charge on any atom is -0.505 e. The molecule has 0 atom stereocenters. The van der Waals surface area contributed by atoms with Crippen molar-refractivity contribution in [2.45, 2.75) is 0 Å². The van der Waals surface area contributed by atoms with E-state index < -0.39 is 5.91 Å². The minimum absolute atomic E-state index is 0.0452. The number of carbonyl (C=O) groups excluding carboxylic acids is 1. The van der Waals surface area contributed by atoms with Gasteiger partial charge in [-0.1, -0.05) is 42.5 Å². The molecule has 0 bridgehead atoms. The van der Waals surface area contributed by atoms with Gasteiger partial charge in [0.15, 0.2) is 11.6 Å². The minimum atomic E-state index is -0.491. The van der Waals surface area contributed by atoms with Crippen molar-refractivity contribution in [1.29, 1.82) is 5.26 Å². The summed E-state index contributed by atoms with van der Waals surface area (Å²) in [6.07, 6.45) is 4.76. The van der Waals surface area contributed by atoms with Gasteiger partial charge in [0.05, 0.1) is 11.1 Å². The molecule has 5 aromatic rings. The zero-order valence-corrected chi connectivity index (χ0v) is 18.2. The molecule has 35 heavy (non-hydrogen) atoms. The van der Waals surface area contributed by atoms with E-state index in [0.717, 1.165) is 0 Å². The molecule has 3 aromatic carbocycles. The number of nitriles is 1. The molecule has 2 aromatic heterocycles. The summed E-state index contributed by atoms with van der Waals surface area (Å²) in [5, 5.41) is 33.2. The molecule has 2 heterocycles. The van der Waals surface area contributed by atoms with Crippen LogP contribution < -0.4 is 5.32 Å². The van der Waals surface area contributed by atoms with Crippen molar-refractivity contribution in [2.24, 2.45) is 10.2 Å². The molecule has 168 valence electrons. The van der Waals surface area contributed by atoms with Crippen molar-refractivity contribution in [1.82, 2.24) is 14.5 Å². The van der Waals surface area contributed by atoms with Crippen LogP contribution in [0.5, 0.6) is 5.75 Å². The topological polar surface area (TPSA) is 129 Å². The van der Waals surface area contributed by atoms with Crippen LogP contribution in [0.1, 0.15) is 15.9 Å². The number of nitrogens with one attached hydrogen (secondary N) is 1. The summed E-state index contributed by atoms with van der Waals surface area (Å²) in [7, 11) is 0. The van der Waals surface area contributed by atoms with Crippen LogP contribution in [0.3, 0.4) is 0 Å². The van der Waals surface area contributed by atoms with E-state index in [0.29, 0.717) is 22.4 Å². The second-order valence-electron chi connectivity index (χ2n) is 7.45. The molecule has 0 aliphatic heterocycles. The summed E-state index contributed by atoms with van der Waals surface area (Å²) < 4.78 is 1.52. The average Bonchev–Trinajstić information content (AvgIpc) is 3.32. The van der Waals surface area contributed by atoms with Crippen molar-refractivity contribution in [3.63, 3.8) is 0 Å². The predicted molar refractivity (Wildman–Crippen MR) is 130 cm³/mol. The summed E-state index contributed by atoms with van der Waals surface area (Å²) in [5.41, 5.74) is 0.992. The van der Waals surface area contributed by atoms with Crippen molar-refractivity contribution < 1.29 is 9.90 Å². The van der Waals surface area contributed by atoms with Gasteiger partial charge < -0.3 is 10.4 Å². The van der Waals surface area contributed by atoms with E-state index >= 15 is 0 Å². The van der Waals surface area contributed by atoms with Gasteiger partial charge in [0, 0.05) is 29.7 Å². The zero-order valence-electron chi connectivity index (χ0n) is 18.2. The Hall–Kier alpha value is -5.36. The fourth-order valence-corrected chi connectivity index (χ4v) is 3.60. The van der Waals surface area contributed by atoms with Gasteiger partial charge in [0.2, 0.25) is 5.95 Å². The Morgan fingerprint density at radius 2 is 1.71 bits per heavy atom. The monoisotopic (exact) mass is 459 g/mol. The number of hydrogen-bond acceptors (Lipinski definition) is 7. The fraction of sp³-hybridized carbons (Fsp3) is 0. The fourth-order valence-electron chi connectivity index (χ4n) is 3.60. The number of hydrogen-bond donors (Lipinski definition) is 2. The molecule has 2 N–H and O–H groups in total. The number of aromatic nitrogens is 3. The molecule has 0 aliphatic carbocycles. The average molecular weight is 459 g/mol. The molecule has 0 radical (unpaired) electrons. The first-order chi connectivity index (χ1) is 17.2. The van der Waals surface area contributed by atoms with E-state index in [1.54, 1.807) is 73.2 Å². The second-order valence-corrected chi connectivity index (χ2v) is 7.45. The maximum Gasteiger partial charge on any atom is 0.259 e. The number of rotatable bonds is 5. The Bertz CT molecular complexity index is 1600. The van der Waals surface area contributed by atoms with Gasteiger partial charge in [-0.15, -0.1) is 10.2 Å². The number of fused-ring (bicyclic) bond motifs is 1. The number of anilines is 1. The van der Waals surface area contributed by atoms with Gasteiger partial charge in [0.25, 0.3) is 5.91 Å². The van der Waals surface area contributed by atoms with Crippen LogP contribution >= 0.6 is 0 Å². The van der Waals surface area contributed by atoms with Crippen LogP contribution in [0.4, 0.5) is 17.2 Å². The van der Waals surface area contributed by atoms with Crippen molar-refractivity contribution >= 4 is 33.9 Å². The number of phenols is 1. The van der Waals surface area contributed by atoms with E-state index in [4.69, 9.17) is 0 Å². The third-order valence-corrected chi connectivity index (χ3v) is 5.26. The van der Waals surface area contributed by atoms with Gasteiger partial charge in [-0.3, -0.25) is 9.36 Å². The summed E-state index contributed by atoms with van der Waals surface area (Å²) in [4.78, 5) is 21.4. The normalized spacial score (nSPS) is 10.9. The predicted octanol–water partition coefficient (Wildman–Crippen LogP) is 5.67. The molecule has 9 nitrogen and oxygen atoms in total. The van der Waals surface area contributed by atoms with Gasteiger partial charge >= 0.3 is 0 Å². The lowest BCUT2D eigenvalue weighted by Crippen LogP contribution is -2.12. The number of aromatic hydroxyl groups is 1. The van der Waals surface area contributed by atoms with Crippen LogP contribution in [0.15, 0.2) is 102 Å².